The highest BCUT2D eigenvalue weighted by atomic mass is 79.9. The van der Waals surface area contributed by atoms with Gasteiger partial charge >= 0.3 is 0 Å². The molecule has 2 rings (SSSR count). The molecule has 1 aliphatic heterocycles. The molecule has 1 N–H and O–H groups in total. The molecule has 0 spiro atoms. The van der Waals surface area contributed by atoms with Crippen LogP contribution in [0.2, 0.25) is 0 Å². The summed E-state index contributed by atoms with van der Waals surface area (Å²) in [5, 5.41) is 3.63. The van der Waals surface area contributed by atoms with Crippen molar-refractivity contribution in [3.63, 3.8) is 0 Å². The van der Waals surface area contributed by atoms with Gasteiger partial charge in [-0.05, 0) is 37.0 Å². The van der Waals surface area contributed by atoms with Gasteiger partial charge in [-0.1, -0.05) is 35.0 Å². The van der Waals surface area contributed by atoms with Crippen molar-refractivity contribution < 1.29 is 0 Å². The van der Waals surface area contributed by atoms with Crippen LogP contribution in [0.5, 0.6) is 0 Å². The van der Waals surface area contributed by atoms with Crippen LogP contribution in [-0.4, -0.2) is 6.04 Å². The minimum absolute atomic E-state index is 0.487. The first kappa shape index (κ1) is 10.2. The van der Waals surface area contributed by atoms with E-state index in [9.17, 15) is 0 Å². The molecule has 76 valence electrons. The third kappa shape index (κ3) is 1.73. The summed E-state index contributed by atoms with van der Waals surface area (Å²) in [7, 11) is 0. The maximum Gasteiger partial charge on any atom is 0.0297 e. The molecule has 1 aliphatic rings. The summed E-state index contributed by atoms with van der Waals surface area (Å²) in [6, 6.07) is 7.61. The van der Waals surface area contributed by atoms with Crippen LogP contribution >= 0.6 is 15.9 Å². The molecule has 0 amide bonds. The van der Waals surface area contributed by atoms with Crippen molar-refractivity contribution in [3.8, 4) is 0 Å². The topological polar surface area (TPSA) is 12.0 Å². The Kier molecular flexibility index (Phi) is 2.93. The van der Waals surface area contributed by atoms with Gasteiger partial charge in [0.25, 0.3) is 0 Å². The highest BCUT2D eigenvalue weighted by molar-refractivity contribution is 9.10. The van der Waals surface area contributed by atoms with Gasteiger partial charge in [0.1, 0.15) is 0 Å². The maximum absolute atomic E-state index is 3.64. The van der Waals surface area contributed by atoms with E-state index in [-0.39, 0.29) is 0 Å². The van der Waals surface area contributed by atoms with Gasteiger partial charge in [0, 0.05) is 16.6 Å². The van der Waals surface area contributed by atoms with E-state index < -0.39 is 0 Å². The fraction of sp³-hybridized carbons (Fsp3) is 0.500. The minimum Gasteiger partial charge on any atom is -0.307 e. The summed E-state index contributed by atoms with van der Waals surface area (Å²) in [4.78, 5) is 0. The molecule has 1 heterocycles. The number of rotatable bonds is 1. The minimum atomic E-state index is 0.487. The molecule has 2 heteroatoms. The van der Waals surface area contributed by atoms with Crippen LogP contribution < -0.4 is 5.32 Å². The average molecular weight is 254 g/mol. The Morgan fingerprint density at radius 3 is 3.00 bits per heavy atom. The smallest absolute Gasteiger partial charge is 0.0297 e. The summed E-state index contributed by atoms with van der Waals surface area (Å²) >= 11 is 3.64. The highest BCUT2D eigenvalue weighted by Gasteiger charge is 2.23. The standard InChI is InChI=1S/C12H16BrN/c1-3-9-7-11-10(8(2)14-9)5-4-6-12(11)13/h4-6,8-9,14H,3,7H2,1-2H3/t8-,9-/m0/s1. The molecule has 0 fully saturated rings. The van der Waals surface area contributed by atoms with Crippen LogP contribution in [-0.2, 0) is 6.42 Å². The first-order valence-electron chi connectivity index (χ1n) is 5.25. The number of fused-ring (bicyclic) bond motifs is 1. The largest absolute Gasteiger partial charge is 0.307 e. The third-order valence-corrected chi connectivity index (χ3v) is 3.79. The zero-order chi connectivity index (χ0) is 10.1. The summed E-state index contributed by atoms with van der Waals surface area (Å²) in [6.45, 7) is 4.49. The Balaban J connectivity index is 2.40. The van der Waals surface area contributed by atoms with Crippen molar-refractivity contribution in [2.75, 3.05) is 0 Å². The Labute approximate surface area is 94.0 Å². The second-order valence-electron chi connectivity index (χ2n) is 4.01. The SMILES string of the molecule is CC[C@H]1Cc2c(Br)cccc2[C@H](C)N1. The van der Waals surface area contributed by atoms with Gasteiger partial charge < -0.3 is 5.32 Å². The molecule has 14 heavy (non-hydrogen) atoms. The van der Waals surface area contributed by atoms with Gasteiger partial charge in [-0.15, -0.1) is 0 Å². The predicted molar refractivity (Wildman–Crippen MR) is 63.5 cm³/mol. The number of nitrogens with one attached hydrogen (secondary N) is 1. The van der Waals surface area contributed by atoms with Gasteiger partial charge in [0.2, 0.25) is 0 Å². The second kappa shape index (κ2) is 4.03. The Hall–Kier alpha value is -0.340. The molecule has 2 atom stereocenters. The molecule has 1 aromatic rings. The van der Waals surface area contributed by atoms with E-state index in [1.807, 2.05) is 0 Å². The van der Waals surface area contributed by atoms with Crippen LogP contribution in [0.3, 0.4) is 0 Å². The maximum atomic E-state index is 3.64. The lowest BCUT2D eigenvalue weighted by molar-refractivity contribution is 0.411. The molecule has 0 aliphatic carbocycles. The Morgan fingerprint density at radius 1 is 1.50 bits per heavy atom. The van der Waals surface area contributed by atoms with Crippen LogP contribution in [0, 0.1) is 0 Å². The lowest BCUT2D eigenvalue weighted by atomic mass is 9.90. The fourth-order valence-corrected chi connectivity index (χ4v) is 2.75. The molecule has 0 bridgehead atoms. The monoisotopic (exact) mass is 253 g/mol. The first-order chi connectivity index (χ1) is 6.72. The van der Waals surface area contributed by atoms with E-state index >= 15 is 0 Å². The molecule has 0 unspecified atom stereocenters. The quantitative estimate of drug-likeness (QED) is 0.809. The van der Waals surface area contributed by atoms with Crippen LogP contribution in [0.1, 0.15) is 37.4 Å². The molecule has 0 saturated carbocycles. The van der Waals surface area contributed by atoms with E-state index in [0.717, 1.165) is 6.42 Å². The highest BCUT2D eigenvalue weighted by Crippen LogP contribution is 2.31. The van der Waals surface area contributed by atoms with Gasteiger partial charge in [-0.25, -0.2) is 0 Å². The summed E-state index contributed by atoms with van der Waals surface area (Å²) in [5.74, 6) is 0. The Morgan fingerprint density at radius 2 is 2.29 bits per heavy atom. The summed E-state index contributed by atoms with van der Waals surface area (Å²) in [5.41, 5.74) is 2.94. The van der Waals surface area contributed by atoms with Gasteiger partial charge in [-0.2, -0.15) is 0 Å². The van der Waals surface area contributed by atoms with Crippen molar-refractivity contribution in [1.29, 1.82) is 0 Å². The number of halogens is 1. The van der Waals surface area contributed by atoms with Gasteiger partial charge in [-0.3, -0.25) is 0 Å². The van der Waals surface area contributed by atoms with E-state index in [1.54, 1.807) is 0 Å². The predicted octanol–water partition coefficient (Wildman–Crippen LogP) is 3.43. The van der Waals surface area contributed by atoms with Crippen LogP contribution in [0.15, 0.2) is 22.7 Å². The van der Waals surface area contributed by atoms with Gasteiger partial charge in [0.05, 0.1) is 0 Å². The molecule has 1 nitrogen and oxygen atoms in total. The molecule has 0 saturated heterocycles. The van der Waals surface area contributed by atoms with E-state index in [1.165, 1.54) is 22.0 Å². The zero-order valence-electron chi connectivity index (χ0n) is 8.68. The molecular weight excluding hydrogens is 238 g/mol. The number of hydrogen-bond donors (Lipinski definition) is 1. The third-order valence-electron chi connectivity index (χ3n) is 3.05. The molecule has 0 aromatic heterocycles. The lowest BCUT2D eigenvalue weighted by Crippen LogP contribution is -2.37. The van der Waals surface area contributed by atoms with E-state index in [0.29, 0.717) is 12.1 Å². The summed E-state index contributed by atoms with van der Waals surface area (Å²) in [6.07, 6.45) is 2.35. The average Bonchev–Trinajstić information content (AvgIpc) is 2.19. The normalized spacial score (nSPS) is 25.9. The van der Waals surface area contributed by atoms with E-state index in [2.05, 4.69) is 53.3 Å². The molecular formula is C12H16BrN. The number of hydrogen-bond acceptors (Lipinski definition) is 1. The van der Waals surface area contributed by atoms with Crippen molar-refractivity contribution in [2.45, 2.75) is 38.8 Å². The summed E-state index contributed by atoms with van der Waals surface area (Å²) < 4.78 is 1.27. The van der Waals surface area contributed by atoms with Crippen molar-refractivity contribution in [3.05, 3.63) is 33.8 Å². The van der Waals surface area contributed by atoms with Crippen LogP contribution in [0.4, 0.5) is 0 Å². The first-order valence-corrected chi connectivity index (χ1v) is 6.05. The van der Waals surface area contributed by atoms with Gasteiger partial charge in [0.15, 0.2) is 0 Å². The zero-order valence-corrected chi connectivity index (χ0v) is 10.3. The van der Waals surface area contributed by atoms with Crippen molar-refractivity contribution in [1.82, 2.24) is 5.32 Å². The van der Waals surface area contributed by atoms with Crippen LogP contribution in [0.25, 0.3) is 0 Å². The Bertz CT molecular complexity index is 335. The van der Waals surface area contributed by atoms with Crippen molar-refractivity contribution >= 4 is 15.9 Å². The molecule has 0 radical (unpaired) electrons. The van der Waals surface area contributed by atoms with E-state index in [4.69, 9.17) is 0 Å². The molecule has 1 aromatic carbocycles. The second-order valence-corrected chi connectivity index (χ2v) is 4.86. The fourth-order valence-electron chi connectivity index (χ4n) is 2.21. The van der Waals surface area contributed by atoms with Crippen molar-refractivity contribution in [2.24, 2.45) is 0 Å². The lowest BCUT2D eigenvalue weighted by Gasteiger charge is -2.31. The number of benzene rings is 1.